The Kier molecular flexibility index (Phi) is 7.15. The van der Waals surface area contributed by atoms with Crippen LogP contribution < -0.4 is 0 Å². The number of rotatable bonds is 8. The van der Waals surface area contributed by atoms with Gasteiger partial charge in [-0.25, -0.2) is 0 Å². The van der Waals surface area contributed by atoms with Crippen molar-refractivity contribution in [2.45, 2.75) is 25.7 Å². The zero-order valence-electron chi connectivity index (χ0n) is 12.5. The molecule has 1 aromatic rings. The molecule has 0 atom stereocenters. The van der Waals surface area contributed by atoms with Gasteiger partial charge in [-0.1, -0.05) is 30.3 Å². The topological polar surface area (TPSA) is 63.7 Å². The van der Waals surface area contributed by atoms with Crippen molar-refractivity contribution in [2.24, 2.45) is 0 Å². The Hall–Kier alpha value is -2.17. The number of amides is 1. The van der Waals surface area contributed by atoms with Crippen molar-refractivity contribution >= 4 is 17.7 Å². The second kappa shape index (κ2) is 8.89. The highest BCUT2D eigenvalue weighted by Gasteiger charge is 2.13. The van der Waals surface area contributed by atoms with E-state index in [1.54, 1.807) is 36.2 Å². The second-order valence-corrected chi connectivity index (χ2v) is 4.78. The molecule has 5 nitrogen and oxygen atoms in total. The molecule has 5 heteroatoms. The first-order chi connectivity index (χ1) is 10.0. The fourth-order valence-corrected chi connectivity index (χ4v) is 1.87. The van der Waals surface area contributed by atoms with Crippen LogP contribution in [-0.2, 0) is 14.3 Å². The quantitative estimate of drug-likeness (QED) is 0.543. The average Bonchev–Trinajstić information content (AvgIpc) is 2.52. The predicted molar refractivity (Wildman–Crippen MR) is 78.9 cm³/mol. The van der Waals surface area contributed by atoms with Gasteiger partial charge in [-0.3, -0.25) is 14.4 Å². The molecule has 0 spiro atoms. The number of benzene rings is 1. The molecule has 21 heavy (non-hydrogen) atoms. The molecule has 0 radical (unpaired) electrons. The number of Topliss-reactive ketones (excluding diaryl/α,β-unsaturated/α-hetero) is 1. The highest BCUT2D eigenvalue weighted by Crippen LogP contribution is 2.07. The van der Waals surface area contributed by atoms with Crippen LogP contribution in [0.15, 0.2) is 30.3 Å². The normalized spacial score (nSPS) is 10.0. The summed E-state index contributed by atoms with van der Waals surface area (Å²) in [6, 6.07) is 8.93. The van der Waals surface area contributed by atoms with Crippen molar-refractivity contribution in [3.05, 3.63) is 35.9 Å². The maximum Gasteiger partial charge on any atom is 0.305 e. The van der Waals surface area contributed by atoms with Gasteiger partial charge in [-0.15, -0.1) is 0 Å². The summed E-state index contributed by atoms with van der Waals surface area (Å²) in [6.07, 6.45) is 1.23. The Labute approximate surface area is 124 Å². The van der Waals surface area contributed by atoms with E-state index in [-0.39, 0.29) is 36.9 Å². The summed E-state index contributed by atoms with van der Waals surface area (Å²) >= 11 is 0. The number of hydrogen-bond acceptors (Lipinski definition) is 4. The molecule has 0 aromatic heterocycles. The minimum Gasteiger partial charge on any atom is -0.469 e. The molecule has 0 saturated heterocycles. The Morgan fingerprint density at radius 2 is 1.71 bits per heavy atom. The highest BCUT2D eigenvalue weighted by molar-refractivity contribution is 5.97. The molecule has 1 amide bonds. The largest absolute Gasteiger partial charge is 0.469 e. The molecule has 0 fully saturated rings. The Morgan fingerprint density at radius 3 is 2.33 bits per heavy atom. The van der Waals surface area contributed by atoms with E-state index in [1.807, 2.05) is 6.07 Å². The lowest BCUT2D eigenvalue weighted by atomic mass is 10.1. The van der Waals surface area contributed by atoms with E-state index in [0.29, 0.717) is 18.5 Å². The van der Waals surface area contributed by atoms with E-state index >= 15 is 0 Å². The molecule has 0 aliphatic heterocycles. The first kappa shape index (κ1) is 16.9. The van der Waals surface area contributed by atoms with Crippen LogP contribution in [0, 0.1) is 0 Å². The highest BCUT2D eigenvalue weighted by atomic mass is 16.5. The van der Waals surface area contributed by atoms with E-state index in [0.717, 1.165) is 0 Å². The maximum absolute atomic E-state index is 11.9. The van der Waals surface area contributed by atoms with Crippen molar-refractivity contribution < 1.29 is 19.1 Å². The van der Waals surface area contributed by atoms with Gasteiger partial charge >= 0.3 is 5.97 Å². The summed E-state index contributed by atoms with van der Waals surface area (Å²) in [6.45, 7) is 0.480. The van der Waals surface area contributed by atoms with Gasteiger partial charge in [0, 0.05) is 38.4 Å². The standard InChI is InChI=1S/C16H21NO4/c1-17(12-6-9-16(20)21-2)15(19)11-10-14(18)13-7-4-3-5-8-13/h3-5,7-8H,6,9-12H2,1-2H3. The monoisotopic (exact) mass is 291 g/mol. The molecule has 0 aliphatic carbocycles. The molecule has 0 heterocycles. The van der Waals surface area contributed by atoms with Crippen molar-refractivity contribution in [3.63, 3.8) is 0 Å². The molecule has 114 valence electrons. The number of carbonyl (C=O) groups is 3. The van der Waals surface area contributed by atoms with Crippen molar-refractivity contribution in [1.82, 2.24) is 4.90 Å². The molecule has 0 saturated carbocycles. The lowest BCUT2D eigenvalue weighted by molar-refractivity contribution is -0.141. The van der Waals surface area contributed by atoms with Crippen LogP contribution in [0.2, 0.25) is 0 Å². The summed E-state index contributed by atoms with van der Waals surface area (Å²) < 4.78 is 4.53. The first-order valence-electron chi connectivity index (χ1n) is 6.93. The lowest BCUT2D eigenvalue weighted by Gasteiger charge is -2.16. The van der Waals surface area contributed by atoms with Gasteiger partial charge in [-0.2, -0.15) is 0 Å². The van der Waals surface area contributed by atoms with Gasteiger partial charge in [0.25, 0.3) is 0 Å². The van der Waals surface area contributed by atoms with Gasteiger partial charge in [0.1, 0.15) is 0 Å². The van der Waals surface area contributed by atoms with Crippen LogP contribution >= 0.6 is 0 Å². The van der Waals surface area contributed by atoms with Gasteiger partial charge in [-0.05, 0) is 6.42 Å². The zero-order valence-corrected chi connectivity index (χ0v) is 12.5. The number of ether oxygens (including phenoxy) is 1. The molecule has 0 unspecified atom stereocenters. The maximum atomic E-state index is 11.9. The van der Waals surface area contributed by atoms with Gasteiger partial charge in [0.05, 0.1) is 7.11 Å². The summed E-state index contributed by atoms with van der Waals surface area (Å²) in [7, 11) is 3.01. The Morgan fingerprint density at radius 1 is 1.05 bits per heavy atom. The van der Waals surface area contributed by atoms with Crippen LogP contribution in [0.3, 0.4) is 0 Å². The van der Waals surface area contributed by atoms with Crippen molar-refractivity contribution in [3.8, 4) is 0 Å². The first-order valence-corrected chi connectivity index (χ1v) is 6.93. The van der Waals surface area contributed by atoms with Crippen LogP contribution in [-0.4, -0.2) is 43.3 Å². The fourth-order valence-electron chi connectivity index (χ4n) is 1.87. The minimum atomic E-state index is -0.282. The van der Waals surface area contributed by atoms with Crippen LogP contribution in [0.5, 0.6) is 0 Å². The van der Waals surface area contributed by atoms with E-state index in [9.17, 15) is 14.4 Å². The van der Waals surface area contributed by atoms with Gasteiger partial charge < -0.3 is 9.64 Å². The number of hydrogen-bond donors (Lipinski definition) is 0. The molecule has 1 aromatic carbocycles. The lowest BCUT2D eigenvalue weighted by Crippen LogP contribution is -2.28. The third kappa shape index (κ3) is 6.21. The summed E-state index contributed by atoms with van der Waals surface area (Å²) in [5.41, 5.74) is 0.624. The van der Waals surface area contributed by atoms with Crippen molar-refractivity contribution in [1.29, 1.82) is 0 Å². The molecular weight excluding hydrogens is 270 g/mol. The van der Waals surface area contributed by atoms with Crippen LogP contribution in [0.1, 0.15) is 36.0 Å². The molecule has 0 bridgehead atoms. The summed E-state index contributed by atoms with van der Waals surface area (Å²) in [5, 5.41) is 0. The Balaban J connectivity index is 2.29. The van der Waals surface area contributed by atoms with Gasteiger partial charge in [0.2, 0.25) is 5.91 Å². The van der Waals surface area contributed by atoms with E-state index in [4.69, 9.17) is 0 Å². The number of nitrogens with zero attached hydrogens (tertiary/aromatic N) is 1. The molecule has 1 rings (SSSR count). The van der Waals surface area contributed by atoms with E-state index in [2.05, 4.69) is 4.74 Å². The zero-order chi connectivity index (χ0) is 15.7. The number of esters is 1. The van der Waals surface area contributed by atoms with Crippen molar-refractivity contribution in [2.75, 3.05) is 20.7 Å². The minimum absolute atomic E-state index is 0.0353. The summed E-state index contributed by atoms with van der Waals surface area (Å²) in [4.78, 5) is 36.3. The molecule has 0 N–H and O–H groups in total. The predicted octanol–water partition coefficient (Wildman–Crippen LogP) is 2.06. The molecule has 0 aliphatic rings. The van der Waals surface area contributed by atoms with Crippen LogP contribution in [0.25, 0.3) is 0 Å². The SMILES string of the molecule is COC(=O)CCCN(C)C(=O)CCC(=O)c1ccccc1. The summed E-state index contributed by atoms with van der Waals surface area (Å²) in [5.74, 6) is -0.411. The second-order valence-electron chi connectivity index (χ2n) is 4.78. The van der Waals surface area contributed by atoms with E-state index in [1.165, 1.54) is 7.11 Å². The van der Waals surface area contributed by atoms with E-state index < -0.39 is 0 Å². The Bertz CT molecular complexity index is 484. The third-order valence-corrected chi connectivity index (χ3v) is 3.19. The number of ketones is 1. The van der Waals surface area contributed by atoms with Gasteiger partial charge in [0.15, 0.2) is 5.78 Å². The molecular formula is C16H21NO4. The average molecular weight is 291 g/mol. The van der Waals surface area contributed by atoms with Crippen LogP contribution in [0.4, 0.5) is 0 Å². The smallest absolute Gasteiger partial charge is 0.305 e. The number of methoxy groups -OCH3 is 1. The third-order valence-electron chi connectivity index (χ3n) is 3.19. The number of carbonyl (C=O) groups excluding carboxylic acids is 3. The fraction of sp³-hybridized carbons (Fsp3) is 0.438.